The molecule has 0 saturated heterocycles. The van der Waals surface area contributed by atoms with Gasteiger partial charge in [0.05, 0.1) is 5.69 Å². The molecule has 0 atom stereocenters. The van der Waals surface area contributed by atoms with Crippen molar-refractivity contribution in [3.05, 3.63) is 71.4 Å². The van der Waals surface area contributed by atoms with Gasteiger partial charge in [-0.1, -0.05) is 12.1 Å². The van der Waals surface area contributed by atoms with E-state index in [-0.39, 0.29) is 22.5 Å². The number of benzene rings is 2. The van der Waals surface area contributed by atoms with Gasteiger partial charge in [-0.05, 0) is 66.2 Å². The second kappa shape index (κ2) is 8.68. The molecule has 0 N–H and O–H groups in total. The fraction of sp³-hybridized carbons (Fsp3) is 0.227. The topological polar surface area (TPSA) is 66.9 Å². The lowest BCUT2D eigenvalue weighted by Gasteiger charge is -2.29. The third-order valence-corrected chi connectivity index (χ3v) is 8.30. The zero-order chi connectivity index (χ0) is 22.0. The highest BCUT2D eigenvalue weighted by Crippen LogP contribution is 2.29. The minimum absolute atomic E-state index is 0.196. The number of ether oxygens (including phenoxy) is 1. The molecule has 0 saturated carbocycles. The van der Waals surface area contributed by atoms with Crippen molar-refractivity contribution in [1.82, 2.24) is 0 Å². The SMILES string of the molecule is CN(c1ccc(OCC(=O)N2CCCc3ccc(F)cc32)cc1)S(=O)(=O)c1cccs1. The second-order valence-electron chi connectivity index (χ2n) is 7.11. The summed E-state index contributed by atoms with van der Waals surface area (Å²) in [4.78, 5) is 14.2. The molecule has 3 aromatic rings. The van der Waals surface area contributed by atoms with E-state index in [9.17, 15) is 17.6 Å². The monoisotopic (exact) mass is 460 g/mol. The van der Waals surface area contributed by atoms with Crippen LogP contribution in [0, 0.1) is 5.82 Å². The third-order valence-electron chi connectivity index (χ3n) is 5.14. The first-order valence-corrected chi connectivity index (χ1v) is 12.0. The predicted octanol–water partition coefficient (Wildman–Crippen LogP) is 4.07. The van der Waals surface area contributed by atoms with Crippen LogP contribution < -0.4 is 13.9 Å². The number of thiophene rings is 1. The molecule has 1 amide bonds. The minimum Gasteiger partial charge on any atom is -0.484 e. The van der Waals surface area contributed by atoms with Crippen LogP contribution in [0.1, 0.15) is 12.0 Å². The molecule has 1 aliphatic heterocycles. The van der Waals surface area contributed by atoms with E-state index in [1.165, 1.54) is 23.5 Å². The number of nitrogens with zero attached hydrogens (tertiary/aromatic N) is 2. The Morgan fingerprint density at radius 2 is 1.97 bits per heavy atom. The molecule has 0 radical (unpaired) electrons. The number of anilines is 2. The van der Waals surface area contributed by atoms with Gasteiger partial charge in [-0.3, -0.25) is 9.10 Å². The molecular formula is C22H21FN2O4S2. The van der Waals surface area contributed by atoms with Crippen molar-refractivity contribution in [2.75, 3.05) is 29.4 Å². The smallest absolute Gasteiger partial charge is 0.273 e. The number of halogens is 1. The maximum Gasteiger partial charge on any atom is 0.273 e. The maximum atomic E-state index is 13.6. The summed E-state index contributed by atoms with van der Waals surface area (Å²) >= 11 is 1.16. The van der Waals surface area contributed by atoms with Gasteiger partial charge in [0.2, 0.25) is 0 Å². The number of rotatable bonds is 6. The molecule has 6 nitrogen and oxygen atoms in total. The Bertz CT molecular complexity index is 1180. The lowest BCUT2D eigenvalue weighted by Crippen LogP contribution is -2.38. The van der Waals surface area contributed by atoms with Gasteiger partial charge in [0, 0.05) is 19.3 Å². The molecule has 2 heterocycles. The highest BCUT2D eigenvalue weighted by molar-refractivity contribution is 7.94. The lowest BCUT2D eigenvalue weighted by atomic mass is 10.0. The van der Waals surface area contributed by atoms with Gasteiger partial charge in [0.1, 0.15) is 15.8 Å². The number of amides is 1. The number of aryl methyl sites for hydroxylation is 1. The van der Waals surface area contributed by atoms with Crippen molar-refractivity contribution in [2.45, 2.75) is 17.1 Å². The molecule has 4 rings (SSSR count). The summed E-state index contributed by atoms with van der Waals surface area (Å²) in [5, 5.41) is 1.71. The second-order valence-corrected chi connectivity index (χ2v) is 10.3. The Balaban J connectivity index is 1.41. The maximum absolute atomic E-state index is 13.6. The Hall–Kier alpha value is -2.91. The number of hydrogen-bond donors (Lipinski definition) is 0. The molecule has 1 aromatic heterocycles. The predicted molar refractivity (Wildman–Crippen MR) is 119 cm³/mol. The van der Waals surface area contributed by atoms with Crippen molar-refractivity contribution >= 4 is 38.6 Å². The molecule has 162 valence electrons. The fourth-order valence-corrected chi connectivity index (χ4v) is 5.82. The summed E-state index contributed by atoms with van der Waals surface area (Å²) in [5.74, 6) is -0.194. The Morgan fingerprint density at radius 3 is 2.68 bits per heavy atom. The van der Waals surface area contributed by atoms with Crippen molar-refractivity contribution < 1.29 is 22.3 Å². The zero-order valence-electron chi connectivity index (χ0n) is 16.8. The van der Waals surface area contributed by atoms with E-state index in [1.54, 1.807) is 52.7 Å². The number of carbonyl (C=O) groups excluding carboxylic acids is 1. The Morgan fingerprint density at radius 1 is 1.19 bits per heavy atom. The molecule has 0 unspecified atom stereocenters. The molecule has 2 aromatic carbocycles. The van der Waals surface area contributed by atoms with Crippen LogP contribution in [0.5, 0.6) is 5.75 Å². The summed E-state index contributed by atoms with van der Waals surface area (Å²) in [5.41, 5.74) is 2.02. The molecule has 0 fully saturated rings. The first kappa shape index (κ1) is 21.3. The van der Waals surface area contributed by atoms with Crippen LogP contribution >= 0.6 is 11.3 Å². The lowest BCUT2D eigenvalue weighted by molar-refractivity contribution is -0.120. The number of fused-ring (bicyclic) bond motifs is 1. The van der Waals surface area contributed by atoms with E-state index in [0.717, 1.165) is 29.7 Å². The van der Waals surface area contributed by atoms with Crippen LogP contribution in [0.15, 0.2) is 64.2 Å². The average Bonchev–Trinajstić information content (AvgIpc) is 3.33. The van der Waals surface area contributed by atoms with Gasteiger partial charge >= 0.3 is 0 Å². The molecular weight excluding hydrogens is 439 g/mol. The molecule has 0 bridgehead atoms. The van der Waals surface area contributed by atoms with Crippen LogP contribution in [0.25, 0.3) is 0 Å². The van der Waals surface area contributed by atoms with E-state index < -0.39 is 10.0 Å². The van der Waals surface area contributed by atoms with Gasteiger partial charge in [0.15, 0.2) is 6.61 Å². The van der Waals surface area contributed by atoms with Gasteiger partial charge in [-0.2, -0.15) is 0 Å². The standard InChI is InChI=1S/C22H21FN2O4S2/c1-24(31(27,28)22-5-3-13-30-22)18-8-10-19(11-9-18)29-15-21(26)25-12-2-4-16-6-7-17(23)14-20(16)25/h3,5-11,13-14H,2,4,12,15H2,1H3. The third kappa shape index (κ3) is 4.42. The summed E-state index contributed by atoms with van der Waals surface area (Å²) in [7, 11) is -2.13. The van der Waals surface area contributed by atoms with Gasteiger partial charge in [-0.25, -0.2) is 12.8 Å². The number of carbonyl (C=O) groups is 1. The molecule has 0 spiro atoms. The first-order valence-electron chi connectivity index (χ1n) is 9.70. The number of sulfonamides is 1. The van der Waals surface area contributed by atoms with E-state index in [4.69, 9.17) is 4.74 Å². The van der Waals surface area contributed by atoms with Gasteiger partial charge in [0.25, 0.3) is 15.9 Å². The van der Waals surface area contributed by atoms with Crippen LogP contribution in [0.2, 0.25) is 0 Å². The highest BCUT2D eigenvalue weighted by atomic mass is 32.2. The summed E-state index contributed by atoms with van der Waals surface area (Å²) in [6.45, 7) is 0.321. The van der Waals surface area contributed by atoms with Crippen LogP contribution in [-0.2, 0) is 21.2 Å². The summed E-state index contributed by atoms with van der Waals surface area (Å²) in [6, 6.07) is 14.2. The zero-order valence-corrected chi connectivity index (χ0v) is 18.5. The van der Waals surface area contributed by atoms with Crippen LogP contribution in [0.3, 0.4) is 0 Å². The summed E-state index contributed by atoms with van der Waals surface area (Å²) < 4.78 is 46.0. The number of hydrogen-bond acceptors (Lipinski definition) is 5. The van der Waals surface area contributed by atoms with Crippen molar-refractivity contribution in [2.24, 2.45) is 0 Å². The van der Waals surface area contributed by atoms with Crippen molar-refractivity contribution in [3.63, 3.8) is 0 Å². The van der Waals surface area contributed by atoms with Gasteiger partial charge in [-0.15, -0.1) is 11.3 Å². The Labute approximate surface area is 184 Å². The molecule has 0 aliphatic carbocycles. The highest BCUT2D eigenvalue weighted by Gasteiger charge is 2.24. The molecule has 31 heavy (non-hydrogen) atoms. The Kier molecular flexibility index (Phi) is 5.97. The minimum atomic E-state index is -3.61. The largest absolute Gasteiger partial charge is 0.484 e. The van der Waals surface area contributed by atoms with E-state index in [2.05, 4.69) is 0 Å². The quantitative estimate of drug-likeness (QED) is 0.556. The molecule has 1 aliphatic rings. The summed E-state index contributed by atoms with van der Waals surface area (Å²) in [6.07, 6.45) is 1.62. The van der Waals surface area contributed by atoms with E-state index in [0.29, 0.717) is 23.7 Å². The molecule has 9 heteroatoms. The first-order chi connectivity index (χ1) is 14.9. The fourth-order valence-electron chi connectivity index (χ4n) is 3.47. The van der Waals surface area contributed by atoms with Crippen LogP contribution in [-0.4, -0.2) is 34.5 Å². The van der Waals surface area contributed by atoms with Crippen LogP contribution in [0.4, 0.5) is 15.8 Å². The van der Waals surface area contributed by atoms with Gasteiger partial charge < -0.3 is 9.64 Å². The van der Waals surface area contributed by atoms with Crippen molar-refractivity contribution in [1.29, 1.82) is 0 Å². The van der Waals surface area contributed by atoms with Crippen molar-refractivity contribution in [3.8, 4) is 5.75 Å². The van der Waals surface area contributed by atoms with E-state index >= 15 is 0 Å². The normalized spacial score (nSPS) is 13.5. The van der Waals surface area contributed by atoms with E-state index in [1.807, 2.05) is 0 Å². The average molecular weight is 461 g/mol.